The van der Waals surface area contributed by atoms with E-state index in [-0.39, 0.29) is 16.9 Å². The van der Waals surface area contributed by atoms with Crippen LogP contribution in [0.5, 0.6) is 0 Å². The summed E-state index contributed by atoms with van der Waals surface area (Å²) in [6.07, 6.45) is 2.05. The number of rotatable bonds is 5. The van der Waals surface area contributed by atoms with Crippen molar-refractivity contribution in [2.75, 3.05) is 0 Å². The summed E-state index contributed by atoms with van der Waals surface area (Å²) in [5.74, 6) is -2.30. The highest BCUT2D eigenvalue weighted by molar-refractivity contribution is 8.34. The minimum Gasteiger partial charge on any atom is -0.299 e. The number of benzene rings is 1. The minimum absolute atomic E-state index is 0.0212. The van der Waals surface area contributed by atoms with Gasteiger partial charge in [0.2, 0.25) is 0 Å². The molecule has 1 unspecified atom stereocenters. The fourth-order valence-electron chi connectivity index (χ4n) is 2.85. The molecule has 1 N–H and O–H groups in total. The number of alkyl halides is 6. The summed E-state index contributed by atoms with van der Waals surface area (Å²) in [5, 5.41) is 10.2. The van der Waals surface area contributed by atoms with Gasteiger partial charge in [0.1, 0.15) is 12.4 Å². The molecule has 7 nitrogen and oxygen atoms in total. The molecule has 0 saturated carbocycles. The lowest BCUT2D eigenvalue weighted by Gasteiger charge is -2.45. The summed E-state index contributed by atoms with van der Waals surface area (Å²) in [5.41, 5.74) is -11.9. The van der Waals surface area contributed by atoms with E-state index in [1.54, 1.807) is 0 Å². The van der Waals surface area contributed by atoms with Crippen LogP contribution < -0.4 is 4.72 Å². The Morgan fingerprint density at radius 3 is 2.21 bits per heavy atom. The van der Waals surface area contributed by atoms with Crippen LogP contribution in [0.4, 0.5) is 26.3 Å². The summed E-state index contributed by atoms with van der Waals surface area (Å²) in [6.45, 7) is 0.660. The van der Waals surface area contributed by atoms with Gasteiger partial charge >= 0.3 is 11.0 Å². The van der Waals surface area contributed by atoms with Crippen molar-refractivity contribution in [2.45, 2.75) is 23.2 Å². The number of carbonyl (C=O) groups is 1. The summed E-state index contributed by atoms with van der Waals surface area (Å²) < 4.78 is 86.7. The Kier molecular flexibility index (Phi) is 6.37. The second-order valence-electron chi connectivity index (χ2n) is 6.55. The van der Waals surface area contributed by atoms with Gasteiger partial charge in [0.05, 0.1) is 10.8 Å². The number of amides is 1. The van der Waals surface area contributed by atoms with Gasteiger partial charge in [-0.3, -0.25) is 9.52 Å². The summed E-state index contributed by atoms with van der Waals surface area (Å²) in [7, 11) is -5.89. The van der Waals surface area contributed by atoms with Gasteiger partial charge in [-0.05, 0) is 31.2 Å². The first kappa shape index (κ1) is 24.1. The Bertz CT molecular complexity index is 1160. The molecule has 0 aliphatic rings. The first-order valence-electron chi connectivity index (χ1n) is 9.00. The van der Waals surface area contributed by atoms with Gasteiger partial charge in [0, 0.05) is 22.0 Å². The molecule has 3 aromatic rings. The van der Waals surface area contributed by atoms with E-state index < -0.39 is 38.2 Å². The highest BCUT2D eigenvalue weighted by atomic mass is 32.3. The zero-order chi connectivity index (χ0) is 24.4. The molecular formula is C19H14F6N6OS. The Hall–Kier alpha value is -3.60. The predicted octanol–water partition coefficient (Wildman–Crippen LogP) is 4.78. The van der Waals surface area contributed by atoms with Crippen molar-refractivity contribution < 1.29 is 31.1 Å². The second-order valence-corrected chi connectivity index (χ2v) is 9.71. The maximum atomic E-state index is 14.1. The Morgan fingerprint density at radius 2 is 1.70 bits per heavy atom. The van der Waals surface area contributed by atoms with E-state index in [0.717, 1.165) is 29.3 Å². The van der Waals surface area contributed by atoms with Crippen LogP contribution in [0.25, 0.3) is 5.82 Å². The number of carbonyl (C=O) groups excluding carboxylic acids is 1. The lowest BCUT2D eigenvalue weighted by atomic mass is 10.2. The van der Waals surface area contributed by atoms with Gasteiger partial charge in [-0.25, -0.2) is 14.6 Å². The van der Waals surface area contributed by atoms with E-state index in [1.165, 1.54) is 35.1 Å². The topological polar surface area (TPSA) is 96.5 Å². The first-order chi connectivity index (χ1) is 15.4. The van der Waals surface area contributed by atoms with E-state index in [9.17, 15) is 31.1 Å². The van der Waals surface area contributed by atoms with Gasteiger partial charge in [-0.2, -0.15) is 31.6 Å². The number of nitrogens with one attached hydrogen (secondary N) is 1. The van der Waals surface area contributed by atoms with E-state index >= 15 is 0 Å². The largest absolute Gasteiger partial charge is 0.449 e. The first-order valence-corrected chi connectivity index (χ1v) is 10.7. The molecular weight excluding hydrogens is 474 g/mol. The number of hydrogen-bond acceptors (Lipinski definition) is 5. The molecule has 1 amide bonds. The molecule has 1 atom stereocenters. The van der Waals surface area contributed by atoms with Crippen LogP contribution in [-0.4, -0.2) is 36.7 Å². The average Bonchev–Trinajstić information content (AvgIpc) is 3.26. The van der Waals surface area contributed by atoms with Crippen LogP contribution >= 0.6 is 10.2 Å². The Balaban J connectivity index is 2.06. The van der Waals surface area contributed by atoms with Crippen molar-refractivity contribution in [2.24, 2.45) is 0 Å². The van der Waals surface area contributed by atoms with Crippen molar-refractivity contribution in [3.63, 3.8) is 0 Å². The number of aromatic nitrogens is 4. The number of halogens is 6. The van der Waals surface area contributed by atoms with Crippen LogP contribution in [-0.2, 0) is 0 Å². The molecule has 0 radical (unpaired) electrons. The molecule has 0 spiro atoms. The highest BCUT2D eigenvalue weighted by Gasteiger charge is 2.70. The van der Waals surface area contributed by atoms with Crippen molar-refractivity contribution in [3.8, 4) is 11.9 Å². The molecule has 33 heavy (non-hydrogen) atoms. The van der Waals surface area contributed by atoms with E-state index in [0.29, 0.717) is 6.92 Å². The molecule has 14 heteroatoms. The van der Waals surface area contributed by atoms with Gasteiger partial charge in [0.15, 0.2) is 11.6 Å². The van der Waals surface area contributed by atoms with Crippen LogP contribution in [0.3, 0.4) is 0 Å². The maximum absolute atomic E-state index is 14.1. The number of nitriles is 1. The molecule has 0 bridgehead atoms. The van der Waals surface area contributed by atoms with Crippen molar-refractivity contribution in [1.29, 1.82) is 5.26 Å². The molecule has 0 fully saturated rings. The molecule has 2 aromatic heterocycles. The normalized spacial score (nSPS) is 13.8. The number of nitrogens with zero attached hydrogens (tertiary/aromatic N) is 5. The monoisotopic (exact) mass is 488 g/mol. The fraction of sp³-hybridized carbons (Fsp3) is 0.211. The van der Waals surface area contributed by atoms with Gasteiger partial charge in [-0.1, -0.05) is 18.2 Å². The third-order valence-electron chi connectivity index (χ3n) is 4.54. The molecule has 0 aliphatic heterocycles. The molecule has 0 aliphatic carbocycles. The van der Waals surface area contributed by atoms with E-state index in [4.69, 9.17) is 5.26 Å². The predicted molar refractivity (Wildman–Crippen MR) is 106 cm³/mol. The second kappa shape index (κ2) is 8.74. The minimum atomic E-state index is -5.89. The van der Waals surface area contributed by atoms with Gasteiger partial charge in [-0.15, -0.1) is 5.10 Å². The van der Waals surface area contributed by atoms with Crippen LogP contribution in [0.2, 0.25) is 0 Å². The van der Waals surface area contributed by atoms with Gasteiger partial charge in [0.25, 0.3) is 5.91 Å². The third-order valence-corrected chi connectivity index (χ3v) is 7.77. The molecule has 0 saturated heterocycles. The zero-order valence-corrected chi connectivity index (χ0v) is 17.4. The Labute approximate surface area is 184 Å². The lowest BCUT2D eigenvalue weighted by molar-refractivity contribution is -0.0827. The SMILES string of the molecule is CC(c1ncn(-c2ccc(C#N)cn2)n1)S(NC(=O)c1ccccc1)(C(F)(F)F)C(F)(F)F. The fourth-order valence-corrected chi connectivity index (χ4v) is 5.16. The summed E-state index contributed by atoms with van der Waals surface area (Å²) >= 11 is 0. The van der Waals surface area contributed by atoms with E-state index in [1.807, 2.05) is 6.07 Å². The van der Waals surface area contributed by atoms with Crippen LogP contribution in [0, 0.1) is 11.3 Å². The molecule has 1 aromatic carbocycles. The smallest absolute Gasteiger partial charge is 0.299 e. The highest BCUT2D eigenvalue weighted by Crippen LogP contribution is 2.76. The molecule has 3 rings (SSSR count). The third kappa shape index (κ3) is 4.49. The maximum Gasteiger partial charge on any atom is 0.449 e. The zero-order valence-electron chi connectivity index (χ0n) is 16.6. The number of pyridine rings is 1. The quantitative estimate of drug-likeness (QED) is 0.522. The number of hydrogen-bond donors (Lipinski definition) is 1. The van der Waals surface area contributed by atoms with Crippen LogP contribution in [0.15, 0.2) is 55.0 Å². The van der Waals surface area contributed by atoms with Crippen LogP contribution in [0.1, 0.15) is 33.9 Å². The van der Waals surface area contributed by atoms with Crippen molar-refractivity contribution in [1.82, 2.24) is 24.5 Å². The average molecular weight is 488 g/mol. The van der Waals surface area contributed by atoms with Gasteiger partial charge < -0.3 is 0 Å². The van der Waals surface area contributed by atoms with E-state index in [2.05, 4.69) is 15.1 Å². The van der Waals surface area contributed by atoms with Crippen molar-refractivity contribution in [3.05, 3.63) is 71.9 Å². The van der Waals surface area contributed by atoms with Crippen molar-refractivity contribution >= 4 is 16.1 Å². The lowest BCUT2D eigenvalue weighted by Crippen LogP contribution is -2.47. The molecule has 2 heterocycles. The standard InChI is InChI=1S/C19H14F6N6OS/c1-12(16-28-11-31(29-16)15-8-7-13(9-26)10-27-15)33(18(20,21)22,19(23,24)25)30-17(32)14-5-3-2-4-6-14/h2-8,10-12H,1H3,(H,30,32). The summed E-state index contributed by atoms with van der Waals surface area (Å²) in [4.78, 5) is 19.9. The Morgan fingerprint density at radius 1 is 1.06 bits per heavy atom. The summed E-state index contributed by atoms with van der Waals surface area (Å²) in [6, 6.07) is 10.7. The molecule has 174 valence electrons.